The van der Waals surface area contributed by atoms with Crippen LogP contribution in [0.1, 0.15) is 19.4 Å². The minimum Gasteiger partial charge on any atom is -0.435 e. The van der Waals surface area contributed by atoms with Crippen LogP contribution in [0, 0.1) is 5.92 Å². The van der Waals surface area contributed by atoms with E-state index in [0.29, 0.717) is 5.92 Å². The Labute approximate surface area is 119 Å². The molecule has 114 valence electrons. The fourth-order valence-electron chi connectivity index (χ4n) is 1.83. The van der Waals surface area contributed by atoms with Crippen molar-refractivity contribution < 1.29 is 13.5 Å². The van der Waals surface area contributed by atoms with E-state index in [1.807, 2.05) is 19.2 Å². The average molecular weight is 286 g/mol. The molecule has 0 aromatic heterocycles. The average Bonchev–Trinajstić information content (AvgIpc) is 2.36. The van der Waals surface area contributed by atoms with Crippen molar-refractivity contribution in [2.45, 2.75) is 27.0 Å². The molecule has 0 bridgehead atoms. The highest BCUT2D eigenvalue weighted by atomic mass is 19.3. The van der Waals surface area contributed by atoms with Crippen LogP contribution < -0.4 is 10.1 Å². The molecule has 0 radical (unpaired) electrons. The van der Waals surface area contributed by atoms with Crippen molar-refractivity contribution >= 4 is 0 Å². The topological polar surface area (TPSA) is 24.5 Å². The maximum absolute atomic E-state index is 12.0. The number of alkyl halides is 2. The summed E-state index contributed by atoms with van der Waals surface area (Å²) in [5, 5.41) is 3.39. The van der Waals surface area contributed by atoms with Gasteiger partial charge in [-0.3, -0.25) is 0 Å². The molecule has 0 fully saturated rings. The number of halogens is 2. The van der Waals surface area contributed by atoms with E-state index in [-0.39, 0.29) is 5.75 Å². The highest BCUT2D eigenvalue weighted by Gasteiger charge is 2.05. The van der Waals surface area contributed by atoms with Gasteiger partial charge in [0.1, 0.15) is 5.75 Å². The lowest BCUT2D eigenvalue weighted by atomic mass is 10.2. The lowest BCUT2D eigenvalue weighted by Crippen LogP contribution is -2.30. The van der Waals surface area contributed by atoms with Crippen LogP contribution in [0.4, 0.5) is 8.78 Å². The first-order valence-electron chi connectivity index (χ1n) is 6.90. The van der Waals surface area contributed by atoms with E-state index in [2.05, 4.69) is 28.8 Å². The van der Waals surface area contributed by atoms with Crippen LogP contribution in [-0.4, -0.2) is 38.2 Å². The van der Waals surface area contributed by atoms with Crippen LogP contribution in [-0.2, 0) is 6.54 Å². The van der Waals surface area contributed by atoms with Crippen molar-refractivity contribution in [2.24, 2.45) is 5.92 Å². The molecule has 5 heteroatoms. The largest absolute Gasteiger partial charge is 0.435 e. The Balaban J connectivity index is 2.29. The second kappa shape index (κ2) is 8.87. The van der Waals surface area contributed by atoms with Crippen molar-refractivity contribution in [3.8, 4) is 5.75 Å². The van der Waals surface area contributed by atoms with Crippen molar-refractivity contribution in [1.29, 1.82) is 0 Å². The number of ether oxygens (including phenoxy) is 1. The lowest BCUT2D eigenvalue weighted by Gasteiger charge is -2.17. The summed E-state index contributed by atoms with van der Waals surface area (Å²) in [6, 6.07) is 6.78. The fourth-order valence-corrected chi connectivity index (χ4v) is 1.83. The van der Waals surface area contributed by atoms with Crippen molar-refractivity contribution in [3.05, 3.63) is 29.8 Å². The van der Waals surface area contributed by atoms with Crippen LogP contribution in [0.25, 0.3) is 0 Å². The third-order valence-electron chi connectivity index (χ3n) is 2.82. The molecule has 1 aromatic carbocycles. The summed E-state index contributed by atoms with van der Waals surface area (Å²) in [7, 11) is 2.04. The van der Waals surface area contributed by atoms with Gasteiger partial charge in [-0.2, -0.15) is 8.78 Å². The van der Waals surface area contributed by atoms with Crippen LogP contribution >= 0.6 is 0 Å². The zero-order valence-electron chi connectivity index (χ0n) is 12.4. The molecule has 1 rings (SSSR count). The maximum Gasteiger partial charge on any atom is 0.387 e. The Kier molecular flexibility index (Phi) is 7.47. The summed E-state index contributed by atoms with van der Waals surface area (Å²) >= 11 is 0. The van der Waals surface area contributed by atoms with E-state index in [0.717, 1.165) is 31.7 Å². The molecule has 0 aliphatic rings. The van der Waals surface area contributed by atoms with Gasteiger partial charge >= 0.3 is 6.61 Å². The lowest BCUT2D eigenvalue weighted by molar-refractivity contribution is -0.0498. The summed E-state index contributed by atoms with van der Waals surface area (Å²) in [6.45, 7) is 5.30. The number of benzene rings is 1. The first kappa shape index (κ1) is 16.9. The SMILES string of the molecule is CC(C)CNCCN(C)Cc1ccc(OC(F)F)cc1. The van der Waals surface area contributed by atoms with Crippen molar-refractivity contribution in [1.82, 2.24) is 10.2 Å². The van der Waals surface area contributed by atoms with Crippen LogP contribution in [0.5, 0.6) is 5.75 Å². The zero-order valence-corrected chi connectivity index (χ0v) is 12.4. The monoisotopic (exact) mass is 286 g/mol. The van der Waals surface area contributed by atoms with E-state index in [1.165, 1.54) is 0 Å². The van der Waals surface area contributed by atoms with Gasteiger partial charge in [-0.05, 0) is 37.2 Å². The number of nitrogens with zero attached hydrogens (tertiary/aromatic N) is 1. The van der Waals surface area contributed by atoms with E-state index < -0.39 is 6.61 Å². The van der Waals surface area contributed by atoms with Crippen molar-refractivity contribution in [2.75, 3.05) is 26.7 Å². The minimum atomic E-state index is -2.77. The minimum absolute atomic E-state index is 0.199. The molecule has 1 N–H and O–H groups in total. The maximum atomic E-state index is 12.0. The Morgan fingerprint density at radius 3 is 2.40 bits per heavy atom. The zero-order chi connectivity index (χ0) is 15.0. The third kappa shape index (κ3) is 7.40. The van der Waals surface area contributed by atoms with Gasteiger partial charge in [-0.15, -0.1) is 0 Å². The summed E-state index contributed by atoms with van der Waals surface area (Å²) in [5.41, 5.74) is 1.08. The van der Waals surface area contributed by atoms with E-state index in [1.54, 1.807) is 12.1 Å². The molecule has 0 amide bonds. The van der Waals surface area contributed by atoms with Gasteiger partial charge in [0, 0.05) is 19.6 Å². The Hall–Kier alpha value is -1.20. The molecule has 0 heterocycles. The van der Waals surface area contributed by atoms with Gasteiger partial charge in [0.15, 0.2) is 0 Å². The molecule has 1 aromatic rings. The molecule has 0 spiro atoms. The summed E-state index contributed by atoms with van der Waals surface area (Å²) in [6.07, 6.45) is 0. The number of likely N-dealkylation sites (N-methyl/N-ethyl adjacent to an activating group) is 1. The molecule has 3 nitrogen and oxygen atoms in total. The van der Waals surface area contributed by atoms with Crippen molar-refractivity contribution in [3.63, 3.8) is 0 Å². The van der Waals surface area contributed by atoms with Gasteiger partial charge in [-0.1, -0.05) is 26.0 Å². The second-order valence-electron chi connectivity index (χ2n) is 5.36. The quantitative estimate of drug-likeness (QED) is 0.706. The number of rotatable bonds is 9. The standard InChI is InChI=1S/C15H24F2N2O/c1-12(2)10-18-8-9-19(3)11-13-4-6-14(7-5-13)20-15(16)17/h4-7,12,15,18H,8-11H2,1-3H3. The van der Waals surface area contributed by atoms with Gasteiger partial charge in [0.05, 0.1) is 0 Å². The number of hydrogen-bond donors (Lipinski definition) is 1. The van der Waals surface area contributed by atoms with Crippen LogP contribution in [0.15, 0.2) is 24.3 Å². The summed E-state index contributed by atoms with van der Waals surface area (Å²) in [5.74, 6) is 0.854. The first-order valence-corrected chi connectivity index (χ1v) is 6.90. The summed E-state index contributed by atoms with van der Waals surface area (Å²) < 4.78 is 28.4. The van der Waals surface area contributed by atoms with Gasteiger partial charge in [0.25, 0.3) is 0 Å². The van der Waals surface area contributed by atoms with Gasteiger partial charge in [-0.25, -0.2) is 0 Å². The first-order chi connectivity index (χ1) is 9.47. The number of hydrogen-bond acceptors (Lipinski definition) is 3. The molecule has 20 heavy (non-hydrogen) atoms. The molecule has 0 aliphatic heterocycles. The fraction of sp³-hybridized carbons (Fsp3) is 0.600. The molecule has 0 atom stereocenters. The highest BCUT2D eigenvalue weighted by molar-refractivity contribution is 5.27. The molecular weight excluding hydrogens is 262 g/mol. The Morgan fingerprint density at radius 1 is 1.20 bits per heavy atom. The summed E-state index contributed by atoms with van der Waals surface area (Å²) in [4.78, 5) is 2.19. The normalized spacial score (nSPS) is 11.6. The van der Waals surface area contributed by atoms with Crippen LogP contribution in [0.2, 0.25) is 0 Å². The smallest absolute Gasteiger partial charge is 0.387 e. The predicted octanol–water partition coefficient (Wildman–Crippen LogP) is 2.97. The van der Waals surface area contributed by atoms with E-state index in [4.69, 9.17) is 0 Å². The van der Waals surface area contributed by atoms with E-state index in [9.17, 15) is 8.78 Å². The molecule has 0 aliphatic carbocycles. The van der Waals surface area contributed by atoms with E-state index >= 15 is 0 Å². The van der Waals surface area contributed by atoms with Gasteiger partial charge in [0.2, 0.25) is 0 Å². The molecule has 0 saturated heterocycles. The molecular formula is C15H24F2N2O. The molecule has 0 saturated carbocycles. The van der Waals surface area contributed by atoms with Crippen LogP contribution in [0.3, 0.4) is 0 Å². The van der Waals surface area contributed by atoms with Gasteiger partial charge < -0.3 is 15.0 Å². The third-order valence-corrected chi connectivity index (χ3v) is 2.82. The predicted molar refractivity (Wildman–Crippen MR) is 77.1 cm³/mol. The Morgan fingerprint density at radius 2 is 1.85 bits per heavy atom. The Bertz CT molecular complexity index is 369. The molecule has 0 unspecified atom stereocenters. The number of nitrogens with one attached hydrogen (secondary N) is 1. The second-order valence-corrected chi connectivity index (χ2v) is 5.36. The highest BCUT2D eigenvalue weighted by Crippen LogP contribution is 2.15.